The Balaban J connectivity index is 2.32. The van der Waals surface area contributed by atoms with Gasteiger partial charge in [0.1, 0.15) is 6.04 Å². The maximum Gasteiger partial charge on any atom is 0.258 e. The van der Waals surface area contributed by atoms with E-state index in [1.165, 1.54) is 11.1 Å². The van der Waals surface area contributed by atoms with Gasteiger partial charge >= 0.3 is 0 Å². The van der Waals surface area contributed by atoms with Crippen LogP contribution >= 0.6 is 0 Å². The summed E-state index contributed by atoms with van der Waals surface area (Å²) in [7, 11) is 1.59. The number of ether oxygens (including phenoxy) is 1. The molecular formula is C14H21N3O2. The van der Waals surface area contributed by atoms with Gasteiger partial charge in [-0.15, -0.1) is 0 Å². The first-order valence-corrected chi connectivity index (χ1v) is 6.53. The number of carbonyl (C=O) groups is 1. The van der Waals surface area contributed by atoms with E-state index in [2.05, 4.69) is 35.4 Å². The number of amides is 1. The largest absolute Gasteiger partial charge is 0.382 e. The molecule has 5 nitrogen and oxygen atoms in total. The second-order valence-corrected chi connectivity index (χ2v) is 4.91. The average molecular weight is 263 g/mol. The van der Waals surface area contributed by atoms with Crippen molar-refractivity contribution >= 4 is 11.6 Å². The number of hydrazine groups is 1. The number of rotatable bonds is 4. The van der Waals surface area contributed by atoms with Gasteiger partial charge in [0.25, 0.3) is 5.91 Å². The van der Waals surface area contributed by atoms with Crippen LogP contribution in [0.1, 0.15) is 17.5 Å². The molecule has 1 aromatic carbocycles. The van der Waals surface area contributed by atoms with Crippen molar-refractivity contribution in [3.8, 4) is 0 Å². The number of aryl methyl sites for hydroxylation is 2. The van der Waals surface area contributed by atoms with Crippen molar-refractivity contribution in [3.05, 3.63) is 29.3 Å². The highest BCUT2D eigenvalue weighted by atomic mass is 16.5. The van der Waals surface area contributed by atoms with Crippen molar-refractivity contribution in [1.29, 1.82) is 0 Å². The van der Waals surface area contributed by atoms with Crippen molar-refractivity contribution in [3.63, 3.8) is 0 Å². The van der Waals surface area contributed by atoms with Gasteiger partial charge in [-0.2, -0.15) is 0 Å². The topological polar surface area (TPSA) is 67.6 Å². The normalized spacial score (nSPS) is 15.8. The first-order valence-electron chi connectivity index (χ1n) is 6.53. The minimum atomic E-state index is -0.378. The molecule has 0 saturated carbocycles. The standard InChI is InChI=1S/C14H21N3O2/c1-10-5-6-12-11(8-10)4-3-7-17(12)13(9-19-2)14(18)16-15/h5-6,8,13H,3-4,7,9,15H2,1-2H3,(H,16,18). The van der Waals surface area contributed by atoms with Gasteiger partial charge in [0.05, 0.1) is 6.61 Å². The van der Waals surface area contributed by atoms with Crippen LogP contribution in [0.4, 0.5) is 5.69 Å². The number of benzene rings is 1. The van der Waals surface area contributed by atoms with Crippen molar-refractivity contribution in [2.45, 2.75) is 25.8 Å². The number of fused-ring (bicyclic) bond motifs is 1. The van der Waals surface area contributed by atoms with Crippen molar-refractivity contribution in [2.24, 2.45) is 5.84 Å². The molecule has 19 heavy (non-hydrogen) atoms. The molecule has 0 saturated heterocycles. The van der Waals surface area contributed by atoms with Crippen LogP contribution in [-0.4, -0.2) is 32.2 Å². The number of nitrogens with two attached hydrogens (primary N) is 1. The molecule has 0 bridgehead atoms. The van der Waals surface area contributed by atoms with Gasteiger partial charge in [-0.25, -0.2) is 5.84 Å². The summed E-state index contributed by atoms with van der Waals surface area (Å²) < 4.78 is 5.16. The Hall–Kier alpha value is -1.59. The molecule has 1 heterocycles. The Morgan fingerprint density at radius 2 is 2.37 bits per heavy atom. The zero-order valence-electron chi connectivity index (χ0n) is 11.5. The number of hydrogen-bond acceptors (Lipinski definition) is 4. The zero-order chi connectivity index (χ0) is 13.8. The SMILES string of the molecule is COCC(C(=O)NN)N1CCCc2cc(C)ccc21. The highest BCUT2D eigenvalue weighted by molar-refractivity contribution is 5.85. The Kier molecular flexibility index (Phi) is 4.39. The fraction of sp³-hybridized carbons (Fsp3) is 0.500. The van der Waals surface area contributed by atoms with Gasteiger partial charge < -0.3 is 9.64 Å². The molecule has 104 valence electrons. The molecule has 1 amide bonds. The van der Waals surface area contributed by atoms with Crippen LogP contribution in [0.5, 0.6) is 0 Å². The predicted octanol–water partition coefficient (Wildman–Crippen LogP) is 0.753. The zero-order valence-corrected chi connectivity index (χ0v) is 11.5. The molecule has 1 atom stereocenters. The Bertz CT molecular complexity index is 462. The first kappa shape index (κ1) is 13.8. The van der Waals surface area contributed by atoms with E-state index >= 15 is 0 Å². The van der Waals surface area contributed by atoms with E-state index < -0.39 is 0 Å². The molecule has 1 aliphatic rings. The Morgan fingerprint density at radius 3 is 3.05 bits per heavy atom. The van der Waals surface area contributed by atoms with Gasteiger partial charge in [-0.05, 0) is 31.4 Å². The molecule has 1 unspecified atom stereocenters. The Morgan fingerprint density at radius 1 is 1.58 bits per heavy atom. The monoisotopic (exact) mass is 263 g/mol. The van der Waals surface area contributed by atoms with Crippen molar-refractivity contribution in [2.75, 3.05) is 25.2 Å². The number of nitrogens with one attached hydrogen (secondary N) is 1. The van der Waals surface area contributed by atoms with Crippen LogP contribution in [0, 0.1) is 6.92 Å². The van der Waals surface area contributed by atoms with E-state index in [0.717, 1.165) is 25.1 Å². The average Bonchev–Trinajstić information content (AvgIpc) is 2.43. The molecule has 1 aromatic rings. The lowest BCUT2D eigenvalue weighted by Crippen LogP contribution is -2.53. The third-order valence-corrected chi connectivity index (χ3v) is 3.54. The van der Waals surface area contributed by atoms with E-state index in [-0.39, 0.29) is 11.9 Å². The lowest BCUT2D eigenvalue weighted by atomic mass is 9.98. The number of methoxy groups -OCH3 is 1. The Labute approximate surface area is 113 Å². The van der Waals surface area contributed by atoms with E-state index in [1.807, 2.05) is 0 Å². The highest BCUT2D eigenvalue weighted by Crippen LogP contribution is 2.29. The molecular weight excluding hydrogens is 242 g/mol. The minimum Gasteiger partial charge on any atom is -0.382 e. The molecule has 0 aliphatic carbocycles. The molecule has 0 spiro atoms. The predicted molar refractivity (Wildman–Crippen MR) is 74.8 cm³/mol. The summed E-state index contributed by atoms with van der Waals surface area (Å²) in [4.78, 5) is 14.0. The number of anilines is 1. The number of carbonyl (C=O) groups excluding carboxylic acids is 1. The highest BCUT2D eigenvalue weighted by Gasteiger charge is 2.29. The molecule has 0 fully saturated rings. The molecule has 0 aromatic heterocycles. The smallest absolute Gasteiger partial charge is 0.258 e. The van der Waals surface area contributed by atoms with Gasteiger partial charge in [0.2, 0.25) is 0 Å². The second kappa shape index (κ2) is 6.04. The van der Waals surface area contributed by atoms with Gasteiger partial charge in [-0.3, -0.25) is 10.2 Å². The summed E-state index contributed by atoms with van der Waals surface area (Å²) in [5.41, 5.74) is 5.87. The quantitative estimate of drug-likeness (QED) is 0.478. The van der Waals surface area contributed by atoms with Gasteiger partial charge in [0.15, 0.2) is 0 Å². The van der Waals surface area contributed by atoms with Crippen molar-refractivity contribution in [1.82, 2.24) is 5.43 Å². The third-order valence-electron chi connectivity index (χ3n) is 3.54. The van der Waals surface area contributed by atoms with E-state index in [4.69, 9.17) is 10.6 Å². The lowest BCUT2D eigenvalue weighted by molar-refractivity contribution is -0.123. The van der Waals surface area contributed by atoms with Crippen LogP contribution in [0.15, 0.2) is 18.2 Å². The van der Waals surface area contributed by atoms with E-state index in [1.54, 1.807) is 7.11 Å². The maximum absolute atomic E-state index is 11.9. The summed E-state index contributed by atoms with van der Waals surface area (Å²) in [6, 6.07) is 5.96. The van der Waals surface area contributed by atoms with Gasteiger partial charge in [-0.1, -0.05) is 17.7 Å². The summed E-state index contributed by atoms with van der Waals surface area (Å²) in [6.45, 7) is 3.26. The van der Waals surface area contributed by atoms with E-state index in [9.17, 15) is 4.79 Å². The van der Waals surface area contributed by atoms with Crippen LogP contribution in [0.25, 0.3) is 0 Å². The van der Waals surface area contributed by atoms with Crippen LogP contribution in [0.3, 0.4) is 0 Å². The second-order valence-electron chi connectivity index (χ2n) is 4.91. The summed E-state index contributed by atoms with van der Waals surface area (Å²) >= 11 is 0. The van der Waals surface area contributed by atoms with Crippen molar-refractivity contribution < 1.29 is 9.53 Å². The molecule has 1 aliphatic heterocycles. The summed E-state index contributed by atoms with van der Waals surface area (Å²) in [5, 5.41) is 0. The van der Waals surface area contributed by atoms with Crippen LogP contribution in [-0.2, 0) is 16.0 Å². The third kappa shape index (κ3) is 2.88. The van der Waals surface area contributed by atoms with Crippen LogP contribution in [0.2, 0.25) is 0 Å². The van der Waals surface area contributed by atoms with Gasteiger partial charge in [0, 0.05) is 19.3 Å². The molecule has 3 N–H and O–H groups in total. The van der Waals surface area contributed by atoms with E-state index in [0.29, 0.717) is 6.61 Å². The summed E-state index contributed by atoms with van der Waals surface area (Å²) in [5.74, 6) is 5.06. The number of hydrogen-bond donors (Lipinski definition) is 2. The summed E-state index contributed by atoms with van der Waals surface area (Å²) in [6.07, 6.45) is 2.09. The molecule has 2 rings (SSSR count). The number of nitrogens with zero attached hydrogens (tertiary/aromatic N) is 1. The minimum absolute atomic E-state index is 0.213. The lowest BCUT2D eigenvalue weighted by Gasteiger charge is -2.36. The fourth-order valence-corrected chi connectivity index (χ4v) is 2.64. The molecule has 5 heteroatoms. The molecule has 0 radical (unpaired) electrons. The first-order chi connectivity index (χ1) is 9.17. The van der Waals surface area contributed by atoms with Crippen LogP contribution < -0.4 is 16.2 Å². The maximum atomic E-state index is 11.9. The fourth-order valence-electron chi connectivity index (χ4n) is 2.64.